The Bertz CT molecular complexity index is 478. The molecule has 2 rings (SSSR count). The van der Waals surface area contributed by atoms with Crippen molar-refractivity contribution in [1.29, 1.82) is 0 Å². The lowest BCUT2D eigenvalue weighted by atomic mass is 10.2. The van der Waals surface area contributed by atoms with Crippen molar-refractivity contribution in [1.82, 2.24) is 16.0 Å². The third kappa shape index (κ3) is 6.33. The van der Waals surface area contributed by atoms with Crippen LogP contribution in [0.25, 0.3) is 0 Å². The van der Waals surface area contributed by atoms with E-state index in [1.165, 1.54) is 6.42 Å². The number of carbonyl (C=O) groups excluding carboxylic acids is 1. The van der Waals surface area contributed by atoms with Gasteiger partial charge in [-0.25, -0.2) is 0 Å². The molecule has 116 valence electrons. The van der Waals surface area contributed by atoms with E-state index in [0.29, 0.717) is 24.5 Å². The van der Waals surface area contributed by atoms with E-state index < -0.39 is 0 Å². The summed E-state index contributed by atoms with van der Waals surface area (Å²) in [6.07, 6.45) is 1.17. The van der Waals surface area contributed by atoms with E-state index >= 15 is 0 Å². The quantitative estimate of drug-likeness (QED) is 0.397. The van der Waals surface area contributed by atoms with E-state index in [9.17, 15) is 4.79 Å². The Morgan fingerprint density at radius 3 is 2.52 bits per heavy atom. The molecular weight excluding hydrogens is 379 g/mol. The Hall–Kier alpha value is -1.31. The van der Waals surface area contributed by atoms with Gasteiger partial charge in [-0.1, -0.05) is 37.3 Å². The third-order valence-electron chi connectivity index (χ3n) is 3.40. The molecule has 0 spiro atoms. The van der Waals surface area contributed by atoms with E-state index in [-0.39, 0.29) is 36.4 Å². The molecule has 5 nitrogen and oxygen atoms in total. The molecule has 1 amide bonds. The fraction of sp³-hybridized carbons (Fsp3) is 0.467. The Kier molecular flexibility index (Phi) is 7.49. The summed E-state index contributed by atoms with van der Waals surface area (Å²) in [7, 11) is 1.71. The van der Waals surface area contributed by atoms with Crippen LogP contribution in [0.5, 0.6) is 0 Å². The minimum atomic E-state index is -0.0411. The van der Waals surface area contributed by atoms with Gasteiger partial charge in [0.25, 0.3) is 0 Å². The van der Waals surface area contributed by atoms with Crippen molar-refractivity contribution >= 4 is 35.8 Å². The molecule has 1 saturated carbocycles. The van der Waals surface area contributed by atoms with E-state index in [0.717, 1.165) is 5.56 Å². The van der Waals surface area contributed by atoms with Gasteiger partial charge in [0.15, 0.2) is 5.96 Å². The maximum Gasteiger partial charge on any atom is 0.239 e. The van der Waals surface area contributed by atoms with Crippen molar-refractivity contribution in [2.24, 2.45) is 10.9 Å². The molecule has 21 heavy (non-hydrogen) atoms. The van der Waals surface area contributed by atoms with Crippen LogP contribution in [0.3, 0.4) is 0 Å². The largest absolute Gasteiger partial charge is 0.353 e. The van der Waals surface area contributed by atoms with Crippen molar-refractivity contribution in [3.63, 3.8) is 0 Å². The van der Waals surface area contributed by atoms with Crippen molar-refractivity contribution in [2.75, 3.05) is 13.6 Å². The maximum atomic E-state index is 11.7. The van der Waals surface area contributed by atoms with Crippen LogP contribution in [0.2, 0.25) is 0 Å². The minimum Gasteiger partial charge on any atom is -0.353 e. The van der Waals surface area contributed by atoms with Gasteiger partial charge in [0.1, 0.15) is 0 Å². The number of halogens is 1. The number of hydrogen-bond acceptors (Lipinski definition) is 2. The van der Waals surface area contributed by atoms with E-state index in [1.807, 2.05) is 30.3 Å². The fourth-order valence-electron chi connectivity index (χ4n) is 1.92. The van der Waals surface area contributed by atoms with Crippen LogP contribution >= 0.6 is 24.0 Å². The van der Waals surface area contributed by atoms with Gasteiger partial charge in [-0.2, -0.15) is 0 Å². The van der Waals surface area contributed by atoms with Crippen molar-refractivity contribution in [2.45, 2.75) is 25.9 Å². The predicted octanol–water partition coefficient (Wildman–Crippen LogP) is 1.49. The third-order valence-corrected chi connectivity index (χ3v) is 3.40. The van der Waals surface area contributed by atoms with Gasteiger partial charge < -0.3 is 16.0 Å². The Balaban J connectivity index is 0.00000220. The predicted molar refractivity (Wildman–Crippen MR) is 95.8 cm³/mol. The SMILES string of the molecule is CN=C(NCC(=O)NCc1ccccc1)NC1CC1C.I. The summed E-state index contributed by atoms with van der Waals surface area (Å²) in [6.45, 7) is 2.97. The highest BCUT2D eigenvalue weighted by molar-refractivity contribution is 14.0. The number of aliphatic imine (C=N–C) groups is 1. The molecule has 6 heteroatoms. The van der Waals surface area contributed by atoms with Crippen LogP contribution in [-0.2, 0) is 11.3 Å². The first-order chi connectivity index (χ1) is 9.69. The van der Waals surface area contributed by atoms with E-state index in [4.69, 9.17) is 0 Å². The highest BCUT2D eigenvalue weighted by atomic mass is 127. The molecule has 1 aromatic rings. The summed E-state index contributed by atoms with van der Waals surface area (Å²) in [6, 6.07) is 10.4. The van der Waals surface area contributed by atoms with E-state index in [2.05, 4.69) is 27.9 Å². The molecular formula is C15H23IN4O. The first-order valence-electron chi connectivity index (χ1n) is 6.97. The summed E-state index contributed by atoms with van der Waals surface area (Å²) >= 11 is 0. The van der Waals surface area contributed by atoms with Gasteiger partial charge in [0.05, 0.1) is 6.54 Å². The number of rotatable bonds is 5. The number of hydrogen-bond donors (Lipinski definition) is 3. The Labute approximate surface area is 143 Å². The van der Waals surface area contributed by atoms with Crippen molar-refractivity contribution in [3.8, 4) is 0 Å². The zero-order valence-corrected chi connectivity index (χ0v) is 14.8. The molecule has 0 radical (unpaired) electrons. The summed E-state index contributed by atoms with van der Waals surface area (Å²) in [5.41, 5.74) is 1.09. The smallest absolute Gasteiger partial charge is 0.239 e. The van der Waals surface area contributed by atoms with Gasteiger partial charge in [0, 0.05) is 19.6 Å². The molecule has 1 aromatic carbocycles. The number of nitrogens with one attached hydrogen (secondary N) is 3. The van der Waals surface area contributed by atoms with Gasteiger partial charge in [-0.15, -0.1) is 24.0 Å². The van der Waals surface area contributed by atoms with Crippen LogP contribution in [0.15, 0.2) is 35.3 Å². The van der Waals surface area contributed by atoms with E-state index in [1.54, 1.807) is 7.05 Å². The van der Waals surface area contributed by atoms with Gasteiger partial charge in [-0.3, -0.25) is 9.79 Å². The Morgan fingerprint density at radius 1 is 1.29 bits per heavy atom. The number of carbonyl (C=O) groups is 1. The molecule has 1 fully saturated rings. The molecule has 1 aliphatic carbocycles. The fourth-order valence-corrected chi connectivity index (χ4v) is 1.92. The molecule has 0 aromatic heterocycles. The standard InChI is InChI=1S/C15H22N4O.HI/c1-11-8-13(11)19-15(16-2)18-10-14(20)17-9-12-6-4-3-5-7-12;/h3-7,11,13H,8-10H2,1-2H3,(H,17,20)(H2,16,18,19);1H. The number of amides is 1. The summed E-state index contributed by atoms with van der Waals surface area (Å²) in [5.74, 6) is 1.34. The molecule has 2 unspecified atom stereocenters. The Morgan fingerprint density at radius 2 is 1.95 bits per heavy atom. The molecule has 0 bridgehead atoms. The maximum absolute atomic E-state index is 11.7. The first kappa shape index (κ1) is 17.7. The second kappa shape index (κ2) is 8.86. The van der Waals surface area contributed by atoms with Crippen LogP contribution in [0, 0.1) is 5.92 Å². The highest BCUT2D eigenvalue weighted by Crippen LogP contribution is 2.28. The second-order valence-electron chi connectivity index (χ2n) is 5.15. The number of nitrogens with zero attached hydrogens (tertiary/aromatic N) is 1. The number of guanidine groups is 1. The lowest BCUT2D eigenvalue weighted by Gasteiger charge is -2.11. The highest BCUT2D eigenvalue weighted by Gasteiger charge is 2.33. The monoisotopic (exact) mass is 402 g/mol. The topological polar surface area (TPSA) is 65.5 Å². The summed E-state index contributed by atoms with van der Waals surface area (Å²) < 4.78 is 0. The summed E-state index contributed by atoms with van der Waals surface area (Å²) in [5, 5.41) is 9.17. The molecule has 0 aliphatic heterocycles. The number of benzene rings is 1. The van der Waals surface area contributed by atoms with Gasteiger partial charge in [0.2, 0.25) is 5.91 Å². The average Bonchev–Trinajstić information content (AvgIpc) is 3.17. The van der Waals surface area contributed by atoms with Crippen LogP contribution in [0.1, 0.15) is 18.9 Å². The van der Waals surface area contributed by atoms with Gasteiger partial charge >= 0.3 is 0 Å². The first-order valence-corrected chi connectivity index (χ1v) is 6.97. The normalized spacial score (nSPS) is 20.2. The van der Waals surface area contributed by atoms with Crippen LogP contribution in [0.4, 0.5) is 0 Å². The zero-order chi connectivity index (χ0) is 14.4. The van der Waals surface area contributed by atoms with Crippen molar-refractivity contribution < 1.29 is 4.79 Å². The lowest BCUT2D eigenvalue weighted by molar-refractivity contribution is -0.120. The summed E-state index contributed by atoms with van der Waals surface area (Å²) in [4.78, 5) is 15.9. The second-order valence-corrected chi connectivity index (χ2v) is 5.15. The molecule has 1 aliphatic rings. The molecule has 2 atom stereocenters. The van der Waals surface area contributed by atoms with Crippen LogP contribution in [-0.4, -0.2) is 31.5 Å². The molecule has 0 saturated heterocycles. The minimum absolute atomic E-state index is 0. The average molecular weight is 402 g/mol. The molecule has 0 heterocycles. The lowest BCUT2D eigenvalue weighted by Crippen LogP contribution is -2.44. The van der Waals surface area contributed by atoms with Crippen molar-refractivity contribution in [3.05, 3.63) is 35.9 Å². The molecule has 3 N–H and O–H groups in total. The van der Waals surface area contributed by atoms with Gasteiger partial charge in [-0.05, 0) is 17.9 Å². The zero-order valence-electron chi connectivity index (χ0n) is 12.4. The van der Waals surface area contributed by atoms with Crippen LogP contribution < -0.4 is 16.0 Å².